The number of benzene rings is 2. The lowest BCUT2D eigenvalue weighted by atomic mass is 10.0. The summed E-state index contributed by atoms with van der Waals surface area (Å²) in [6.07, 6.45) is -0.220. The molecule has 2 aromatic rings. The maximum absolute atomic E-state index is 12.6. The molecule has 0 aliphatic rings. The molecule has 0 aliphatic carbocycles. The maximum Gasteiger partial charge on any atom is 0.305 e. The van der Waals surface area contributed by atoms with Gasteiger partial charge in [-0.1, -0.05) is 36.4 Å². The minimum atomic E-state index is -0.998. The van der Waals surface area contributed by atoms with E-state index in [9.17, 15) is 9.59 Å². The Morgan fingerprint density at radius 2 is 1.75 bits per heavy atom. The van der Waals surface area contributed by atoms with Crippen LogP contribution in [-0.4, -0.2) is 31.2 Å². The third-order valence-corrected chi connectivity index (χ3v) is 3.53. The minimum absolute atomic E-state index is 0.220. The van der Waals surface area contributed by atoms with Crippen molar-refractivity contribution in [1.82, 2.24) is 5.32 Å². The van der Waals surface area contributed by atoms with E-state index in [1.807, 2.05) is 6.07 Å². The molecule has 126 valence electrons. The third-order valence-electron chi connectivity index (χ3n) is 3.53. The van der Waals surface area contributed by atoms with Gasteiger partial charge in [-0.15, -0.1) is 0 Å². The smallest absolute Gasteiger partial charge is 0.305 e. The number of hydrogen-bond donors (Lipinski definition) is 2. The van der Waals surface area contributed by atoms with Crippen LogP contribution < -0.4 is 14.8 Å². The first-order chi connectivity index (χ1) is 11.6. The van der Waals surface area contributed by atoms with Gasteiger partial charge in [0.1, 0.15) is 0 Å². The lowest BCUT2D eigenvalue weighted by Gasteiger charge is -2.19. The molecule has 0 radical (unpaired) electrons. The van der Waals surface area contributed by atoms with Gasteiger partial charge in [-0.2, -0.15) is 0 Å². The van der Waals surface area contributed by atoms with Gasteiger partial charge in [0.15, 0.2) is 11.5 Å². The number of carboxylic acid groups (broad SMARTS) is 1. The fourth-order valence-corrected chi connectivity index (χ4v) is 2.41. The number of ether oxygens (including phenoxy) is 2. The Kier molecular flexibility index (Phi) is 5.78. The molecule has 2 N–H and O–H groups in total. The first-order valence-electron chi connectivity index (χ1n) is 7.35. The van der Waals surface area contributed by atoms with Crippen LogP contribution in [0.3, 0.4) is 0 Å². The number of nitrogens with one attached hydrogen (secondary N) is 1. The lowest BCUT2D eigenvalue weighted by molar-refractivity contribution is -0.137. The van der Waals surface area contributed by atoms with Gasteiger partial charge in [0.2, 0.25) is 0 Å². The van der Waals surface area contributed by atoms with Crippen molar-refractivity contribution in [2.24, 2.45) is 0 Å². The van der Waals surface area contributed by atoms with Crippen molar-refractivity contribution in [3.05, 3.63) is 59.7 Å². The van der Waals surface area contributed by atoms with Crippen molar-refractivity contribution < 1.29 is 24.2 Å². The highest BCUT2D eigenvalue weighted by Gasteiger charge is 2.22. The first kappa shape index (κ1) is 17.3. The highest BCUT2D eigenvalue weighted by molar-refractivity contribution is 5.98. The first-order valence-corrected chi connectivity index (χ1v) is 7.35. The van der Waals surface area contributed by atoms with E-state index in [0.29, 0.717) is 11.5 Å². The summed E-state index contributed by atoms with van der Waals surface area (Å²) in [5.74, 6) is -0.693. The molecule has 0 fully saturated rings. The Morgan fingerprint density at radius 3 is 2.33 bits per heavy atom. The summed E-state index contributed by atoms with van der Waals surface area (Å²) in [5.41, 5.74) is 0.998. The van der Waals surface area contributed by atoms with Crippen molar-refractivity contribution in [1.29, 1.82) is 0 Å². The van der Waals surface area contributed by atoms with E-state index in [2.05, 4.69) is 5.32 Å². The number of rotatable bonds is 7. The normalized spacial score (nSPS) is 11.4. The molecule has 0 saturated carbocycles. The highest BCUT2D eigenvalue weighted by atomic mass is 16.5. The summed E-state index contributed by atoms with van der Waals surface area (Å²) in [6.45, 7) is 0. The summed E-state index contributed by atoms with van der Waals surface area (Å²) < 4.78 is 10.4. The number of carbonyl (C=O) groups excluding carboxylic acids is 1. The molecule has 0 spiro atoms. The number of aliphatic carboxylic acids is 1. The van der Waals surface area contributed by atoms with Gasteiger partial charge < -0.3 is 19.9 Å². The van der Waals surface area contributed by atoms with Crippen LogP contribution in [0.25, 0.3) is 0 Å². The Labute approximate surface area is 140 Å². The van der Waals surface area contributed by atoms with Crippen LogP contribution in [-0.2, 0) is 4.79 Å². The number of carbonyl (C=O) groups is 2. The zero-order chi connectivity index (χ0) is 17.5. The summed E-state index contributed by atoms with van der Waals surface area (Å²) >= 11 is 0. The second-order valence-electron chi connectivity index (χ2n) is 5.08. The zero-order valence-corrected chi connectivity index (χ0v) is 13.5. The standard InChI is InChI=1S/C18H19NO5/c1-23-15-10-6-9-13(17(15)24-2)18(22)19-14(11-16(20)21)12-7-4-3-5-8-12/h3-10,14H,11H2,1-2H3,(H,19,22)(H,20,21)/t14-/m1/s1. The molecule has 0 aromatic heterocycles. The molecule has 0 unspecified atom stereocenters. The summed E-state index contributed by atoms with van der Waals surface area (Å²) in [6, 6.07) is 13.3. The topological polar surface area (TPSA) is 84.9 Å². The summed E-state index contributed by atoms with van der Waals surface area (Å²) in [4.78, 5) is 23.7. The fraction of sp³-hybridized carbons (Fsp3) is 0.222. The zero-order valence-electron chi connectivity index (χ0n) is 13.5. The molecule has 1 atom stereocenters. The number of hydrogen-bond acceptors (Lipinski definition) is 4. The molecule has 2 aromatic carbocycles. The van der Waals surface area contributed by atoms with Crippen LogP contribution in [0, 0.1) is 0 Å². The van der Waals surface area contributed by atoms with Crippen LogP contribution >= 0.6 is 0 Å². The molecule has 24 heavy (non-hydrogen) atoms. The van der Waals surface area contributed by atoms with E-state index >= 15 is 0 Å². The second-order valence-corrected chi connectivity index (χ2v) is 5.08. The van der Waals surface area contributed by atoms with E-state index in [-0.39, 0.29) is 12.0 Å². The molecular weight excluding hydrogens is 310 g/mol. The molecule has 1 amide bonds. The van der Waals surface area contributed by atoms with Crippen LogP contribution in [0.5, 0.6) is 11.5 Å². The lowest BCUT2D eigenvalue weighted by Crippen LogP contribution is -2.30. The molecule has 0 saturated heterocycles. The van der Waals surface area contributed by atoms with E-state index in [1.54, 1.807) is 42.5 Å². The SMILES string of the molecule is COc1cccc(C(=O)N[C@H](CC(=O)O)c2ccccc2)c1OC. The molecule has 2 rings (SSSR count). The summed E-state index contributed by atoms with van der Waals surface area (Å²) in [7, 11) is 2.93. The van der Waals surface area contributed by atoms with Crippen molar-refractivity contribution in [2.45, 2.75) is 12.5 Å². The third kappa shape index (κ3) is 4.04. The highest BCUT2D eigenvalue weighted by Crippen LogP contribution is 2.31. The molecule has 6 heteroatoms. The Hall–Kier alpha value is -3.02. The van der Waals surface area contributed by atoms with Crippen molar-refractivity contribution >= 4 is 11.9 Å². The predicted octanol–water partition coefficient (Wildman–Crippen LogP) is 2.65. The molecular formula is C18H19NO5. The maximum atomic E-state index is 12.6. The number of carboxylic acids is 1. The van der Waals surface area contributed by atoms with Gasteiger partial charge in [0, 0.05) is 0 Å². The molecule has 6 nitrogen and oxygen atoms in total. The molecule has 0 heterocycles. The van der Waals surface area contributed by atoms with E-state index in [4.69, 9.17) is 14.6 Å². The average molecular weight is 329 g/mol. The Morgan fingerprint density at radius 1 is 1.04 bits per heavy atom. The van der Waals surface area contributed by atoms with E-state index in [1.165, 1.54) is 14.2 Å². The Balaban J connectivity index is 2.30. The van der Waals surface area contributed by atoms with Gasteiger partial charge in [0.25, 0.3) is 5.91 Å². The van der Waals surface area contributed by atoms with E-state index < -0.39 is 17.9 Å². The quantitative estimate of drug-likeness (QED) is 0.816. The van der Waals surface area contributed by atoms with Gasteiger partial charge in [-0.05, 0) is 17.7 Å². The average Bonchev–Trinajstić information content (AvgIpc) is 2.60. The van der Waals surface area contributed by atoms with Crippen molar-refractivity contribution in [3.8, 4) is 11.5 Å². The number of amides is 1. The summed E-state index contributed by atoms with van der Waals surface area (Å²) in [5, 5.41) is 11.9. The molecule has 0 bridgehead atoms. The predicted molar refractivity (Wildman–Crippen MR) is 88.4 cm³/mol. The largest absolute Gasteiger partial charge is 0.493 e. The van der Waals surface area contributed by atoms with Crippen molar-refractivity contribution in [2.75, 3.05) is 14.2 Å². The second kappa shape index (κ2) is 8.01. The number of methoxy groups -OCH3 is 2. The van der Waals surface area contributed by atoms with Crippen LogP contribution in [0.1, 0.15) is 28.4 Å². The monoisotopic (exact) mass is 329 g/mol. The van der Waals surface area contributed by atoms with Gasteiger partial charge in [0.05, 0.1) is 32.2 Å². The van der Waals surface area contributed by atoms with Gasteiger partial charge >= 0.3 is 5.97 Å². The molecule has 0 aliphatic heterocycles. The Bertz CT molecular complexity index is 715. The van der Waals surface area contributed by atoms with E-state index in [0.717, 1.165) is 5.56 Å². The van der Waals surface area contributed by atoms with Crippen molar-refractivity contribution in [3.63, 3.8) is 0 Å². The van der Waals surface area contributed by atoms with Crippen LogP contribution in [0.4, 0.5) is 0 Å². The minimum Gasteiger partial charge on any atom is -0.493 e. The van der Waals surface area contributed by atoms with Gasteiger partial charge in [-0.25, -0.2) is 0 Å². The van der Waals surface area contributed by atoms with Crippen LogP contribution in [0.2, 0.25) is 0 Å². The van der Waals surface area contributed by atoms with Gasteiger partial charge in [-0.3, -0.25) is 9.59 Å². The van der Waals surface area contributed by atoms with Crippen LogP contribution in [0.15, 0.2) is 48.5 Å². The number of para-hydroxylation sites is 1. The fourth-order valence-electron chi connectivity index (χ4n) is 2.41.